The van der Waals surface area contributed by atoms with Gasteiger partial charge in [-0.2, -0.15) is 0 Å². The van der Waals surface area contributed by atoms with Crippen molar-refractivity contribution in [2.24, 2.45) is 5.73 Å². The van der Waals surface area contributed by atoms with Crippen LogP contribution in [0.15, 0.2) is 67.3 Å². The number of rotatable bonds is 6. The smallest absolute Gasteiger partial charge is 0.218 e. The lowest BCUT2D eigenvalue weighted by molar-refractivity contribution is -0.118. The van der Waals surface area contributed by atoms with Gasteiger partial charge in [0.15, 0.2) is 0 Å². The second-order valence-corrected chi connectivity index (χ2v) is 7.08. The first-order valence-corrected chi connectivity index (χ1v) is 9.38. The summed E-state index contributed by atoms with van der Waals surface area (Å²) in [6.07, 6.45) is 4.94. The van der Waals surface area contributed by atoms with E-state index in [1.54, 1.807) is 12.4 Å². The van der Waals surface area contributed by atoms with E-state index in [1.807, 2.05) is 30.3 Å². The molecule has 2 N–H and O–H groups in total. The molecule has 0 aliphatic carbocycles. The number of benzene rings is 2. The van der Waals surface area contributed by atoms with Crippen LogP contribution in [0.25, 0.3) is 22.0 Å². The SMILES string of the molecule is NC(=O)C[C@H](Cc1cc(F)cc(F)c1)c1ncncc1-c1ccc2cccnc2c1. The van der Waals surface area contributed by atoms with Gasteiger partial charge in [0, 0.05) is 41.7 Å². The average Bonchev–Trinajstić information content (AvgIpc) is 2.72. The predicted molar refractivity (Wildman–Crippen MR) is 109 cm³/mol. The average molecular weight is 404 g/mol. The minimum atomic E-state index is -0.675. The molecule has 0 unspecified atom stereocenters. The number of nitrogens with two attached hydrogens (primary N) is 1. The van der Waals surface area contributed by atoms with Gasteiger partial charge in [0.05, 0.1) is 11.2 Å². The molecular formula is C23H18F2N4O. The zero-order chi connectivity index (χ0) is 21.1. The molecule has 1 atom stereocenters. The summed E-state index contributed by atoms with van der Waals surface area (Å²) >= 11 is 0. The molecule has 0 radical (unpaired) electrons. The van der Waals surface area contributed by atoms with Crippen LogP contribution in [0.4, 0.5) is 8.78 Å². The second-order valence-electron chi connectivity index (χ2n) is 7.08. The first-order chi connectivity index (χ1) is 14.5. The van der Waals surface area contributed by atoms with Crippen molar-refractivity contribution < 1.29 is 13.6 Å². The lowest BCUT2D eigenvalue weighted by atomic mass is 9.88. The van der Waals surface area contributed by atoms with Crippen molar-refractivity contribution in [1.29, 1.82) is 0 Å². The number of halogens is 2. The van der Waals surface area contributed by atoms with Crippen LogP contribution in [0, 0.1) is 11.6 Å². The number of amides is 1. The van der Waals surface area contributed by atoms with Gasteiger partial charge in [-0.1, -0.05) is 18.2 Å². The van der Waals surface area contributed by atoms with Crippen LogP contribution >= 0.6 is 0 Å². The molecule has 0 aliphatic rings. The molecule has 0 saturated carbocycles. The number of hydrogen-bond acceptors (Lipinski definition) is 4. The van der Waals surface area contributed by atoms with Crippen molar-refractivity contribution in [2.45, 2.75) is 18.8 Å². The highest BCUT2D eigenvalue weighted by Crippen LogP contribution is 2.32. The maximum absolute atomic E-state index is 13.7. The summed E-state index contributed by atoms with van der Waals surface area (Å²) in [5, 5.41) is 0.989. The number of primary amides is 1. The van der Waals surface area contributed by atoms with Gasteiger partial charge in [-0.15, -0.1) is 0 Å². The standard InChI is InChI=1S/C23H18F2N4O/c24-18-7-14(8-19(25)11-18)6-17(10-22(26)30)23-20(12-27-13-29-23)16-4-3-15-2-1-5-28-21(15)9-16/h1-5,7-9,11-13,17H,6,10H2,(H2,26,30)/t17-/m0/s1. The highest BCUT2D eigenvalue weighted by Gasteiger charge is 2.22. The van der Waals surface area contributed by atoms with Crippen LogP contribution < -0.4 is 5.73 Å². The molecule has 0 bridgehead atoms. The third-order valence-electron chi connectivity index (χ3n) is 4.90. The third kappa shape index (κ3) is 4.30. The quantitative estimate of drug-likeness (QED) is 0.523. The zero-order valence-electron chi connectivity index (χ0n) is 15.9. The van der Waals surface area contributed by atoms with Crippen LogP contribution in [-0.2, 0) is 11.2 Å². The first-order valence-electron chi connectivity index (χ1n) is 9.38. The lowest BCUT2D eigenvalue weighted by Gasteiger charge is -2.18. The van der Waals surface area contributed by atoms with Gasteiger partial charge in [0.1, 0.15) is 18.0 Å². The Kier molecular flexibility index (Phi) is 5.43. The number of fused-ring (bicyclic) bond motifs is 1. The van der Waals surface area contributed by atoms with Crippen molar-refractivity contribution in [2.75, 3.05) is 0 Å². The molecular weight excluding hydrogens is 386 g/mol. The largest absolute Gasteiger partial charge is 0.370 e. The van der Waals surface area contributed by atoms with Crippen molar-refractivity contribution in [1.82, 2.24) is 15.0 Å². The van der Waals surface area contributed by atoms with E-state index < -0.39 is 23.5 Å². The van der Waals surface area contributed by atoms with E-state index in [-0.39, 0.29) is 12.8 Å². The fourth-order valence-corrected chi connectivity index (χ4v) is 3.64. The zero-order valence-corrected chi connectivity index (χ0v) is 15.9. The van der Waals surface area contributed by atoms with E-state index >= 15 is 0 Å². The monoisotopic (exact) mass is 404 g/mol. The van der Waals surface area contributed by atoms with Gasteiger partial charge in [-0.25, -0.2) is 18.7 Å². The fourth-order valence-electron chi connectivity index (χ4n) is 3.64. The molecule has 7 heteroatoms. The molecule has 4 aromatic rings. The minimum absolute atomic E-state index is 0.0199. The Morgan fingerprint density at radius 2 is 1.83 bits per heavy atom. The van der Waals surface area contributed by atoms with E-state index in [1.165, 1.54) is 18.5 Å². The van der Waals surface area contributed by atoms with E-state index in [0.717, 1.165) is 22.5 Å². The van der Waals surface area contributed by atoms with E-state index in [9.17, 15) is 13.6 Å². The second kappa shape index (κ2) is 8.32. The number of nitrogens with zero attached hydrogens (tertiary/aromatic N) is 3. The van der Waals surface area contributed by atoms with Crippen molar-refractivity contribution in [3.63, 3.8) is 0 Å². The molecule has 2 aromatic carbocycles. The number of carbonyl (C=O) groups is 1. The third-order valence-corrected chi connectivity index (χ3v) is 4.90. The Morgan fingerprint density at radius 3 is 2.60 bits per heavy atom. The maximum atomic E-state index is 13.7. The highest BCUT2D eigenvalue weighted by molar-refractivity contribution is 5.84. The summed E-state index contributed by atoms with van der Waals surface area (Å²) in [4.78, 5) is 24.7. The Morgan fingerprint density at radius 1 is 1.03 bits per heavy atom. The Hall–Kier alpha value is -3.74. The molecule has 150 valence electrons. The summed E-state index contributed by atoms with van der Waals surface area (Å²) in [5.74, 6) is -2.35. The van der Waals surface area contributed by atoms with Crippen LogP contribution in [0.1, 0.15) is 23.6 Å². The summed E-state index contributed by atoms with van der Waals surface area (Å²) in [5.41, 5.74) is 8.83. The molecule has 2 heterocycles. The molecule has 0 fully saturated rings. The number of pyridine rings is 1. The van der Waals surface area contributed by atoms with E-state index in [2.05, 4.69) is 15.0 Å². The number of aromatic nitrogens is 3. The van der Waals surface area contributed by atoms with Crippen molar-refractivity contribution in [3.8, 4) is 11.1 Å². The van der Waals surface area contributed by atoms with Gasteiger partial charge >= 0.3 is 0 Å². The summed E-state index contributed by atoms with van der Waals surface area (Å²) < 4.78 is 27.3. The molecule has 30 heavy (non-hydrogen) atoms. The molecule has 0 spiro atoms. The maximum Gasteiger partial charge on any atom is 0.218 e. The summed E-state index contributed by atoms with van der Waals surface area (Å²) in [6.45, 7) is 0. The molecule has 0 saturated heterocycles. The lowest BCUT2D eigenvalue weighted by Crippen LogP contribution is -2.18. The van der Waals surface area contributed by atoms with Crippen LogP contribution in [0.3, 0.4) is 0 Å². The molecule has 2 aromatic heterocycles. The van der Waals surface area contributed by atoms with Crippen LogP contribution in [0.2, 0.25) is 0 Å². The van der Waals surface area contributed by atoms with Crippen LogP contribution in [-0.4, -0.2) is 20.9 Å². The van der Waals surface area contributed by atoms with Gasteiger partial charge < -0.3 is 5.73 Å². The minimum Gasteiger partial charge on any atom is -0.370 e. The topological polar surface area (TPSA) is 81.8 Å². The predicted octanol–water partition coefficient (Wildman–Crippen LogP) is 4.17. The molecule has 5 nitrogen and oxygen atoms in total. The summed E-state index contributed by atoms with van der Waals surface area (Å²) in [6, 6.07) is 12.9. The fraction of sp³-hybridized carbons (Fsp3) is 0.130. The van der Waals surface area contributed by atoms with Gasteiger partial charge in [0.25, 0.3) is 0 Å². The van der Waals surface area contributed by atoms with Gasteiger partial charge in [-0.05, 0) is 41.8 Å². The normalized spacial score (nSPS) is 12.1. The Labute approximate surface area is 171 Å². The summed E-state index contributed by atoms with van der Waals surface area (Å²) in [7, 11) is 0. The molecule has 1 amide bonds. The Balaban J connectivity index is 1.78. The number of carbonyl (C=O) groups excluding carboxylic acids is 1. The van der Waals surface area contributed by atoms with E-state index in [0.29, 0.717) is 16.8 Å². The van der Waals surface area contributed by atoms with Crippen molar-refractivity contribution >= 4 is 16.8 Å². The van der Waals surface area contributed by atoms with Crippen LogP contribution in [0.5, 0.6) is 0 Å². The molecule has 4 rings (SSSR count). The van der Waals surface area contributed by atoms with Gasteiger partial charge in [-0.3, -0.25) is 9.78 Å². The van der Waals surface area contributed by atoms with Crippen molar-refractivity contribution in [3.05, 3.63) is 90.1 Å². The first kappa shape index (κ1) is 19.6. The van der Waals surface area contributed by atoms with Gasteiger partial charge in [0.2, 0.25) is 5.91 Å². The highest BCUT2D eigenvalue weighted by atomic mass is 19.1. The Bertz CT molecular complexity index is 1210. The number of hydrogen-bond donors (Lipinski definition) is 1. The molecule has 0 aliphatic heterocycles. The van der Waals surface area contributed by atoms with E-state index in [4.69, 9.17) is 5.73 Å².